The van der Waals surface area contributed by atoms with Gasteiger partial charge >= 0.3 is 0 Å². The van der Waals surface area contributed by atoms with Gasteiger partial charge in [0.15, 0.2) is 0 Å². The van der Waals surface area contributed by atoms with Gasteiger partial charge in [0.1, 0.15) is 0 Å². The minimum Gasteiger partial charge on any atom is -0.392 e. The predicted molar refractivity (Wildman–Crippen MR) is 178 cm³/mol. The number of aliphatic hydroxyl groups excluding tert-OH is 2. The molecule has 2 unspecified atom stereocenters. The van der Waals surface area contributed by atoms with E-state index in [-0.39, 0.29) is 12.2 Å². The zero-order chi connectivity index (χ0) is 29.5. The Bertz CT molecular complexity index is 444. The van der Waals surface area contributed by atoms with Crippen LogP contribution in [-0.4, -0.2) is 72.0 Å². The second kappa shape index (κ2) is 31.8. The highest BCUT2D eigenvalue weighted by molar-refractivity contribution is 4.71. The molecule has 0 fully saturated rings. The Morgan fingerprint density at radius 2 is 0.725 bits per heavy atom. The number of unbranched alkanes of at least 4 members (excludes halogenated alkanes) is 19. The average Bonchev–Trinajstić information content (AvgIpc) is 2.93. The van der Waals surface area contributed by atoms with Gasteiger partial charge in [0.05, 0.1) is 12.2 Å². The molecule has 0 saturated carbocycles. The van der Waals surface area contributed by atoms with Gasteiger partial charge in [0.25, 0.3) is 0 Å². The molecule has 0 heterocycles. The normalized spacial score (nSPS) is 13.5. The zero-order valence-corrected chi connectivity index (χ0v) is 28.2. The first-order chi connectivity index (χ1) is 19.5. The molecular weight excluding hydrogens is 492 g/mol. The largest absolute Gasteiger partial charge is 0.392 e. The van der Waals surface area contributed by atoms with Gasteiger partial charge in [0.2, 0.25) is 0 Å². The highest BCUT2D eigenvalue weighted by Gasteiger charge is 2.16. The summed E-state index contributed by atoms with van der Waals surface area (Å²) in [7, 11) is 2.22. The molecule has 0 aliphatic carbocycles. The fourth-order valence-corrected chi connectivity index (χ4v) is 5.87. The number of rotatable bonds is 33. The van der Waals surface area contributed by atoms with Crippen LogP contribution < -0.4 is 0 Å². The second-order valence-electron chi connectivity index (χ2n) is 13.0. The van der Waals surface area contributed by atoms with Gasteiger partial charge in [-0.3, -0.25) is 4.90 Å². The average molecular weight is 569 g/mol. The summed E-state index contributed by atoms with van der Waals surface area (Å²) < 4.78 is 0. The topological polar surface area (TPSA) is 46.9 Å². The first kappa shape index (κ1) is 39.8. The molecular formula is C36H76N2O2. The van der Waals surface area contributed by atoms with Crippen molar-refractivity contribution in [2.24, 2.45) is 0 Å². The van der Waals surface area contributed by atoms with Gasteiger partial charge in [-0.05, 0) is 52.4 Å². The number of aliphatic hydroxyl groups is 2. The molecule has 2 atom stereocenters. The van der Waals surface area contributed by atoms with Crippen molar-refractivity contribution < 1.29 is 10.2 Å². The maximum absolute atomic E-state index is 10.8. The smallest absolute Gasteiger partial charge is 0.0667 e. The van der Waals surface area contributed by atoms with E-state index >= 15 is 0 Å². The third-order valence-corrected chi connectivity index (χ3v) is 8.63. The van der Waals surface area contributed by atoms with E-state index < -0.39 is 0 Å². The molecule has 242 valence electrons. The van der Waals surface area contributed by atoms with Crippen molar-refractivity contribution in [3.05, 3.63) is 0 Å². The lowest BCUT2D eigenvalue weighted by Crippen LogP contribution is -2.39. The van der Waals surface area contributed by atoms with Crippen LogP contribution in [0.15, 0.2) is 0 Å². The van der Waals surface area contributed by atoms with Gasteiger partial charge < -0.3 is 15.1 Å². The van der Waals surface area contributed by atoms with Crippen LogP contribution in [0.4, 0.5) is 0 Å². The minimum absolute atomic E-state index is 0.267. The monoisotopic (exact) mass is 569 g/mol. The van der Waals surface area contributed by atoms with E-state index in [0.29, 0.717) is 13.1 Å². The Labute approximate surface area is 253 Å². The fraction of sp³-hybridized carbons (Fsp3) is 1.00. The zero-order valence-electron chi connectivity index (χ0n) is 28.2. The standard InChI is InChI=1S/C36H76N2O2/c1-5-8-11-13-15-17-19-21-23-25-28-35(39)33-38(32-27-31-37(4)30-10-7-3)34-36(40)29-26-24-22-20-18-16-14-12-9-6-2/h35-36,39-40H,5-34H2,1-4H3. The highest BCUT2D eigenvalue weighted by Crippen LogP contribution is 2.15. The first-order valence-corrected chi connectivity index (χ1v) is 18.3. The molecule has 0 bridgehead atoms. The van der Waals surface area contributed by atoms with Crippen molar-refractivity contribution in [3.8, 4) is 0 Å². The van der Waals surface area contributed by atoms with E-state index in [2.05, 4.69) is 37.6 Å². The van der Waals surface area contributed by atoms with Gasteiger partial charge in [-0.25, -0.2) is 0 Å². The van der Waals surface area contributed by atoms with Crippen LogP contribution in [0.5, 0.6) is 0 Å². The molecule has 4 heteroatoms. The van der Waals surface area contributed by atoms with E-state index in [1.807, 2.05) is 0 Å². The van der Waals surface area contributed by atoms with E-state index in [1.54, 1.807) is 0 Å². The van der Waals surface area contributed by atoms with Crippen LogP contribution in [0, 0.1) is 0 Å². The highest BCUT2D eigenvalue weighted by atomic mass is 16.3. The van der Waals surface area contributed by atoms with Crippen molar-refractivity contribution in [1.82, 2.24) is 9.80 Å². The van der Waals surface area contributed by atoms with Crippen molar-refractivity contribution >= 4 is 0 Å². The molecule has 0 radical (unpaired) electrons. The summed E-state index contributed by atoms with van der Waals surface area (Å²) in [4.78, 5) is 4.79. The lowest BCUT2D eigenvalue weighted by Gasteiger charge is -2.28. The fourth-order valence-electron chi connectivity index (χ4n) is 5.87. The van der Waals surface area contributed by atoms with Crippen molar-refractivity contribution in [3.63, 3.8) is 0 Å². The molecule has 0 spiro atoms. The molecule has 0 aliphatic rings. The Hall–Kier alpha value is -0.160. The van der Waals surface area contributed by atoms with Gasteiger partial charge in [-0.2, -0.15) is 0 Å². The lowest BCUT2D eigenvalue weighted by atomic mass is 10.0. The molecule has 0 rings (SSSR count). The van der Waals surface area contributed by atoms with Crippen LogP contribution in [-0.2, 0) is 0 Å². The summed E-state index contributed by atoms with van der Waals surface area (Å²) in [6.45, 7) is 11.5. The molecule has 0 saturated heterocycles. The Kier molecular flexibility index (Phi) is 31.6. The molecule has 0 amide bonds. The molecule has 4 nitrogen and oxygen atoms in total. The van der Waals surface area contributed by atoms with Crippen LogP contribution in [0.1, 0.15) is 181 Å². The van der Waals surface area contributed by atoms with Crippen molar-refractivity contribution in [1.29, 1.82) is 0 Å². The van der Waals surface area contributed by atoms with E-state index in [0.717, 1.165) is 45.2 Å². The van der Waals surface area contributed by atoms with Gasteiger partial charge in [-0.1, -0.05) is 156 Å². The third-order valence-electron chi connectivity index (χ3n) is 8.63. The Morgan fingerprint density at radius 1 is 0.400 bits per heavy atom. The SMILES string of the molecule is CCCCCCCCCCCCC(O)CN(CCCN(C)CCCC)CC(O)CCCCCCCCCCCC. The maximum Gasteiger partial charge on any atom is 0.0667 e. The molecule has 0 aromatic rings. The summed E-state index contributed by atoms with van der Waals surface area (Å²) in [6, 6.07) is 0. The Morgan fingerprint density at radius 3 is 1.10 bits per heavy atom. The van der Waals surface area contributed by atoms with E-state index in [9.17, 15) is 10.2 Å². The second-order valence-corrected chi connectivity index (χ2v) is 13.0. The molecule has 2 N–H and O–H groups in total. The van der Waals surface area contributed by atoms with Crippen LogP contribution in [0.3, 0.4) is 0 Å². The molecule has 40 heavy (non-hydrogen) atoms. The molecule has 0 aliphatic heterocycles. The van der Waals surface area contributed by atoms with Crippen molar-refractivity contribution in [2.45, 2.75) is 193 Å². The van der Waals surface area contributed by atoms with Crippen LogP contribution >= 0.6 is 0 Å². The van der Waals surface area contributed by atoms with Gasteiger partial charge in [0, 0.05) is 13.1 Å². The van der Waals surface area contributed by atoms with E-state index in [1.165, 1.54) is 135 Å². The lowest BCUT2D eigenvalue weighted by molar-refractivity contribution is 0.0587. The number of hydrogen-bond donors (Lipinski definition) is 2. The molecule has 0 aromatic carbocycles. The number of nitrogens with zero attached hydrogens (tertiary/aromatic N) is 2. The summed E-state index contributed by atoms with van der Waals surface area (Å²) >= 11 is 0. The Balaban J connectivity index is 4.20. The summed E-state index contributed by atoms with van der Waals surface area (Å²) in [5.74, 6) is 0. The van der Waals surface area contributed by atoms with E-state index in [4.69, 9.17) is 0 Å². The summed E-state index contributed by atoms with van der Waals surface area (Å²) in [6.07, 6.45) is 31.6. The predicted octanol–water partition coefficient (Wildman–Crippen LogP) is 9.75. The van der Waals surface area contributed by atoms with Crippen molar-refractivity contribution in [2.75, 3.05) is 39.8 Å². The molecule has 0 aromatic heterocycles. The van der Waals surface area contributed by atoms with Crippen LogP contribution in [0.25, 0.3) is 0 Å². The maximum atomic E-state index is 10.8. The minimum atomic E-state index is -0.267. The number of hydrogen-bond acceptors (Lipinski definition) is 4. The third kappa shape index (κ3) is 29.3. The summed E-state index contributed by atoms with van der Waals surface area (Å²) in [5.41, 5.74) is 0. The quantitative estimate of drug-likeness (QED) is 0.0774. The van der Waals surface area contributed by atoms with Gasteiger partial charge in [-0.15, -0.1) is 0 Å². The van der Waals surface area contributed by atoms with Crippen LogP contribution in [0.2, 0.25) is 0 Å². The first-order valence-electron chi connectivity index (χ1n) is 18.3. The summed E-state index contributed by atoms with van der Waals surface area (Å²) in [5, 5.41) is 21.6.